The third-order valence-corrected chi connectivity index (χ3v) is 4.69. The van der Waals surface area contributed by atoms with Gasteiger partial charge in [-0.05, 0) is 12.1 Å². The Morgan fingerprint density at radius 3 is 2.29 bits per heavy atom. The standard InChI is InChI=1S/C11H17N3O6S/c1-12-9-2-3-10(14(17)18)11(8-9)21(19,20)13(4-6-15)5-7-16/h2-3,8,12,15-16H,4-7H2,1H3. The van der Waals surface area contributed by atoms with Crippen LogP contribution < -0.4 is 5.32 Å². The zero-order valence-electron chi connectivity index (χ0n) is 11.4. The van der Waals surface area contributed by atoms with Crippen molar-refractivity contribution in [2.24, 2.45) is 0 Å². The summed E-state index contributed by atoms with van der Waals surface area (Å²) in [6.07, 6.45) is 0. The summed E-state index contributed by atoms with van der Waals surface area (Å²) in [5.41, 5.74) is -0.165. The molecule has 0 saturated carbocycles. The van der Waals surface area contributed by atoms with E-state index in [4.69, 9.17) is 10.2 Å². The molecule has 10 heteroatoms. The number of nitrogens with zero attached hydrogens (tertiary/aromatic N) is 2. The van der Waals surface area contributed by atoms with Crippen molar-refractivity contribution in [3.63, 3.8) is 0 Å². The second kappa shape index (κ2) is 7.31. The lowest BCUT2D eigenvalue weighted by Gasteiger charge is -2.20. The van der Waals surface area contributed by atoms with Crippen LogP contribution in [0.5, 0.6) is 0 Å². The molecule has 0 unspecified atom stereocenters. The fourth-order valence-corrected chi connectivity index (χ4v) is 3.35. The Morgan fingerprint density at radius 2 is 1.86 bits per heavy atom. The summed E-state index contributed by atoms with van der Waals surface area (Å²) in [6, 6.07) is 3.63. The third-order valence-electron chi connectivity index (χ3n) is 2.76. The smallest absolute Gasteiger partial charge is 0.289 e. The fraction of sp³-hybridized carbons (Fsp3) is 0.455. The van der Waals surface area contributed by atoms with Gasteiger partial charge in [0.05, 0.1) is 18.1 Å². The van der Waals surface area contributed by atoms with Crippen LogP contribution in [0.2, 0.25) is 0 Å². The number of hydrogen-bond donors (Lipinski definition) is 3. The van der Waals surface area contributed by atoms with Crippen LogP contribution >= 0.6 is 0 Å². The molecular weight excluding hydrogens is 302 g/mol. The van der Waals surface area contributed by atoms with Gasteiger partial charge < -0.3 is 15.5 Å². The number of aliphatic hydroxyl groups is 2. The highest BCUT2D eigenvalue weighted by molar-refractivity contribution is 7.89. The van der Waals surface area contributed by atoms with Gasteiger partial charge in [0.1, 0.15) is 0 Å². The Balaban J connectivity index is 3.42. The van der Waals surface area contributed by atoms with Crippen LogP contribution in [0.25, 0.3) is 0 Å². The maximum absolute atomic E-state index is 12.5. The van der Waals surface area contributed by atoms with Gasteiger partial charge in [-0.25, -0.2) is 8.42 Å². The molecule has 0 spiro atoms. The summed E-state index contributed by atoms with van der Waals surface area (Å²) >= 11 is 0. The normalized spacial score (nSPS) is 11.6. The Kier molecular flexibility index (Phi) is 6.03. The number of benzene rings is 1. The second-order valence-corrected chi connectivity index (χ2v) is 5.95. The summed E-state index contributed by atoms with van der Waals surface area (Å²) in [7, 11) is -2.65. The number of hydrogen-bond acceptors (Lipinski definition) is 7. The molecule has 0 aliphatic heterocycles. The van der Waals surface area contributed by atoms with Crippen LogP contribution in [0.15, 0.2) is 23.1 Å². The maximum atomic E-state index is 12.5. The Bertz CT molecular complexity index is 598. The van der Waals surface area contributed by atoms with Crippen molar-refractivity contribution in [2.45, 2.75) is 4.90 Å². The van der Waals surface area contributed by atoms with E-state index >= 15 is 0 Å². The first-order valence-electron chi connectivity index (χ1n) is 6.06. The lowest BCUT2D eigenvalue weighted by atomic mass is 10.3. The van der Waals surface area contributed by atoms with Crippen molar-refractivity contribution in [3.8, 4) is 0 Å². The van der Waals surface area contributed by atoms with Crippen LogP contribution in [0.1, 0.15) is 0 Å². The first-order chi connectivity index (χ1) is 9.88. The van der Waals surface area contributed by atoms with Crippen molar-refractivity contribution in [1.82, 2.24) is 4.31 Å². The Hall–Kier alpha value is -1.75. The minimum absolute atomic E-state index is 0.260. The molecule has 0 amide bonds. The maximum Gasteiger partial charge on any atom is 0.289 e. The topological polar surface area (TPSA) is 133 Å². The minimum atomic E-state index is -4.20. The highest BCUT2D eigenvalue weighted by atomic mass is 32.2. The molecule has 0 bridgehead atoms. The van der Waals surface area contributed by atoms with Gasteiger partial charge in [0, 0.05) is 31.9 Å². The summed E-state index contributed by atoms with van der Waals surface area (Å²) in [4.78, 5) is 9.74. The number of nitro benzene ring substituents is 1. The molecule has 21 heavy (non-hydrogen) atoms. The molecule has 0 radical (unpaired) electrons. The van der Waals surface area contributed by atoms with Crippen molar-refractivity contribution in [2.75, 3.05) is 38.7 Å². The van der Waals surface area contributed by atoms with Crippen LogP contribution in [-0.2, 0) is 10.0 Å². The van der Waals surface area contributed by atoms with Gasteiger partial charge in [-0.3, -0.25) is 10.1 Å². The van der Waals surface area contributed by atoms with Crippen LogP contribution in [0, 0.1) is 10.1 Å². The fourth-order valence-electron chi connectivity index (χ4n) is 1.74. The lowest BCUT2D eigenvalue weighted by molar-refractivity contribution is -0.387. The Labute approximate surface area is 122 Å². The van der Waals surface area contributed by atoms with E-state index in [1.54, 1.807) is 7.05 Å². The molecule has 1 aromatic carbocycles. The average Bonchev–Trinajstić information content (AvgIpc) is 2.46. The monoisotopic (exact) mass is 319 g/mol. The lowest BCUT2D eigenvalue weighted by Crippen LogP contribution is -2.36. The largest absolute Gasteiger partial charge is 0.395 e. The summed E-state index contributed by atoms with van der Waals surface area (Å²) in [5.74, 6) is 0. The summed E-state index contributed by atoms with van der Waals surface area (Å²) < 4.78 is 25.8. The zero-order chi connectivity index (χ0) is 16.0. The van der Waals surface area contributed by atoms with E-state index in [1.807, 2.05) is 0 Å². The van der Waals surface area contributed by atoms with Crippen LogP contribution in [-0.4, -0.2) is 61.2 Å². The molecule has 0 aliphatic carbocycles. The molecule has 0 saturated heterocycles. The Morgan fingerprint density at radius 1 is 1.29 bits per heavy atom. The van der Waals surface area contributed by atoms with Gasteiger partial charge in [0.2, 0.25) is 10.0 Å². The molecule has 0 fully saturated rings. The number of rotatable bonds is 8. The third kappa shape index (κ3) is 3.88. The molecular formula is C11H17N3O6S. The van der Waals surface area contributed by atoms with Gasteiger partial charge >= 0.3 is 0 Å². The number of nitrogens with one attached hydrogen (secondary N) is 1. The highest BCUT2D eigenvalue weighted by Crippen LogP contribution is 2.29. The van der Waals surface area contributed by atoms with E-state index in [1.165, 1.54) is 6.07 Å². The van der Waals surface area contributed by atoms with Gasteiger partial charge in [-0.2, -0.15) is 4.31 Å². The number of sulfonamides is 1. The first-order valence-corrected chi connectivity index (χ1v) is 7.50. The van der Waals surface area contributed by atoms with E-state index in [2.05, 4.69) is 5.32 Å². The van der Waals surface area contributed by atoms with Gasteiger partial charge in [0.15, 0.2) is 4.90 Å². The first kappa shape index (κ1) is 17.3. The number of nitro groups is 1. The van der Waals surface area contributed by atoms with Crippen molar-refractivity contribution in [1.29, 1.82) is 0 Å². The second-order valence-electron chi connectivity index (χ2n) is 4.04. The van der Waals surface area contributed by atoms with Crippen molar-refractivity contribution < 1.29 is 23.6 Å². The average molecular weight is 319 g/mol. The van der Waals surface area contributed by atoms with Crippen molar-refractivity contribution in [3.05, 3.63) is 28.3 Å². The van der Waals surface area contributed by atoms with Gasteiger partial charge in [-0.15, -0.1) is 0 Å². The quantitative estimate of drug-likeness (QED) is 0.439. The molecule has 1 aromatic rings. The van der Waals surface area contributed by atoms with E-state index in [-0.39, 0.29) is 13.1 Å². The minimum Gasteiger partial charge on any atom is -0.395 e. The molecule has 3 N–H and O–H groups in total. The van der Waals surface area contributed by atoms with E-state index in [0.717, 1.165) is 16.4 Å². The number of anilines is 1. The molecule has 118 valence electrons. The van der Waals surface area contributed by atoms with Crippen LogP contribution in [0.3, 0.4) is 0 Å². The SMILES string of the molecule is CNc1ccc([N+](=O)[O-])c(S(=O)(=O)N(CCO)CCO)c1. The summed E-state index contributed by atoms with van der Waals surface area (Å²) in [5, 5.41) is 31.6. The van der Waals surface area contributed by atoms with Gasteiger partial charge in [-0.1, -0.05) is 0 Å². The molecule has 0 aromatic heterocycles. The molecule has 0 atom stereocenters. The van der Waals surface area contributed by atoms with E-state index in [0.29, 0.717) is 5.69 Å². The molecule has 9 nitrogen and oxygen atoms in total. The molecule has 0 aliphatic rings. The zero-order valence-corrected chi connectivity index (χ0v) is 12.2. The number of aliphatic hydroxyl groups excluding tert-OH is 2. The van der Waals surface area contributed by atoms with E-state index < -0.39 is 38.7 Å². The highest BCUT2D eigenvalue weighted by Gasteiger charge is 2.31. The van der Waals surface area contributed by atoms with E-state index in [9.17, 15) is 18.5 Å². The predicted octanol–water partition coefficient (Wildman–Crippen LogP) is -0.388. The van der Waals surface area contributed by atoms with Crippen LogP contribution in [0.4, 0.5) is 11.4 Å². The van der Waals surface area contributed by atoms with Crippen molar-refractivity contribution >= 4 is 21.4 Å². The molecule has 0 heterocycles. The van der Waals surface area contributed by atoms with Gasteiger partial charge in [0.25, 0.3) is 5.69 Å². The molecule has 1 rings (SSSR count). The predicted molar refractivity (Wildman–Crippen MR) is 75.6 cm³/mol. The summed E-state index contributed by atoms with van der Waals surface area (Å²) in [6.45, 7) is -1.44.